The fraction of sp³-hybridized carbons (Fsp3) is 0.478. The van der Waals surface area contributed by atoms with Crippen molar-refractivity contribution in [1.29, 1.82) is 0 Å². The van der Waals surface area contributed by atoms with Gasteiger partial charge in [-0.2, -0.15) is 4.98 Å². The van der Waals surface area contributed by atoms with Gasteiger partial charge in [0.2, 0.25) is 5.88 Å². The number of fused-ring (bicyclic) bond motifs is 1. The minimum absolute atomic E-state index is 0.00618. The van der Waals surface area contributed by atoms with Gasteiger partial charge in [0.1, 0.15) is 24.1 Å². The predicted molar refractivity (Wildman–Crippen MR) is 125 cm³/mol. The SMILES string of the molecule is COc1ncnc2c(CN(Cc3ccccc3)C[C@H]3COC(C)(C)O3)cn(COCP)c12. The number of hydrogen-bond donors (Lipinski definition) is 0. The molecule has 2 aromatic heterocycles. The summed E-state index contributed by atoms with van der Waals surface area (Å²) >= 11 is 0. The van der Waals surface area contributed by atoms with E-state index in [0.29, 0.717) is 32.1 Å². The molecule has 1 unspecified atom stereocenters. The first-order valence-electron chi connectivity index (χ1n) is 10.7. The molecular formula is C23H31N4O4P. The summed E-state index contributed by atoms with van der Waals surface area (Å²) in [4.78, 5) is 11.2. The van der Waals surface area contributed by atoms with Gasteiger partial charge in [0.15, 0.2) is 5.79 Å². The lowest BCUT2D eigenvalue weighted by atomic mass is 10.1. The smallest absolute Gasteiger partial charge is 0.241 e. The summed E-state index contributed by atoms with van der Waals surface area (Å²) in [7, 11) is 4.19. The number of rotatable bonds is 10. The van der Waals surface area contributed by atoms with Crippen LogP contribution in [0.5, 0.6) is 5.88 Å². The summed E-state index contributed by atoms with van der Waals surface area (Å²) in [6.45, 7) is 7.12. The van der Waals surface area contributed by atoms with E-state index in [4.69, 9.17) is 18.9 Å². The van der Waals surface area contributed by atoms with E-state index in [0.717, 1.165) is 29.7 Å². The lowest BCUT2D eigenvalue weighted by Gasteiger charge is -2.25. The summed E-state index contributed by atoms with van der Waals surface area (Å²) in [5.41, 5.74) is 4.03. The van der Waals surface area contributed by atoms with Crippen molar-refractivity contribution in [3.05, 3.63) is 54.0 Å². The third-order valence-electron chi connectivity index (χ3n) is 5.41. The Morgan fingerprint density at radius 3 is 2.72 bits per heavy atom. The van der Waals surface area contributed by atoms with Crippen LogP contribution in [-0.4, -0.2) is 57.9 Å². The van der Waals surface area contributed by atoms with E-state index in [1.807, 2.05) is 24.5 Å². The first-order chi connectivity index (χ1) is 15.5. The highest BCUT2D eigenvalue weighted by molar-refractivity contribution is 7.16. The van der Waals surface area contributed by atoms with Gasteiger partial charge in [-0.1, -0.05) is 30.3 Å². The van der Waals surface area contributed by atoms with Crippen LogP contribution < -0.4 is 4.74 Å². The number of methoxy groups -OCH3 is 1. The second kappa shape index (κ2) is 10.2. The first kappa shape index (κ1) is 23.1. The Bertz CT molecular complexity index is 1030. The van der Waals surface area contributed by atoms with Crippen LogP contribution in [0.2, 0.25) is 0 Å². The van der Waals surface area contributed by atoms with Crippen molar-refractivity contribution in [1.82, 2.24) is 19.4 Å². The van der Waals surface area contributed by atoms with Crippen LogP contribution in [0.25, 0.3) is 11.0 Å². The lowest BCUT2D eigenvalue weighted by molar-refractivity contribution is -0.140. The molecule has 0 aliphatic carbocycles. The Balaban J connectivity index is 1.63. The van der Waals surface area contributed by atoms with Crippen LogP contribution in [0, 0.1) is 0 Å². The van der Waals surface area contributed by atoms with Gasteiger partial charge in [0.25, 0.3) is 0 Å². The second-order valence-electron chi connectivity index (χ2n) is 8.31. The summed E-state index contributed by atoms with van der Waals surface area (Å²) in [5, 5.41) is 0. The molecule has 1 aromatic carbocycles. The number of nitrogens with zero attached hydrogens (tertiary/aromatic N) is 4. The number of ether oxygens (including phenoxy) is 4. The summed E-state index contributed by atoms with van der Waals surface area (Å²) < 4.78 is 25.0. The fourth-order valence-electron chi connectivity index (χ4n) is 4.10. The van der Waals surface area contributed by atoms with E-state index >= 15 is 0 Å². The molecule has 0 N–H and O–H groups in total. The molecule has 1 aliphatic rings. The van der Waals surface area contributed by atoms with Gasteiger partial charge in [-0.3, -0.25) is 4.90 Å². The third kappa shape index (κ3) is 5.45. The van der Waals surface area contributed by atoms with Crippen LogP contribution in [0.1, 0.15) is 25.0 Å². The van der Waals surface area contributed by atoms with Crippen LogP contribution in [0.4, 0.5) is 0 Å². The molecule has 0 amide bonds. The van der Waals surface area contributed by atoms with Gasteiger partial charge >= 0.3 is 0 Å². The Morgan fingerprint density at radius 1 is 1.22 bits per heavy atom. The average Bonchev–Trinajstić information content (AvgIpc) is 3.31. The van der Waals surface area contributed by atoms with Gasteiger partial charge in [-0.25, -0.2) is 4.98 Å². The molecule has 9 heteroatoms. The quantitative estimate of drug-likeness (QED) is 0.431. The number of hydrogen-bond acceptors (Lipinski definition) is 7. The lowest BCUT2D eigenvalue weighted by Crippen LogP contribution is -2.34. The molecule has 8 nitrogen and oxygen atoms in total. The molecule has 0 saturated carbocycles. The molecule has 1 fully saturated rings. The van der Waals surface area contributed by atoms with Gasteiger partial charge in [-0.15, -0.1) is 9.24 Å². The zero-order valence-corrected chi connectivity index (χ0v) is 20.0. The van der Waals surface area contributed by atoms with Crippen LogP contribution in [0.15, 0.2) is 42.9 Å². The molecular weight excluding hydrogens is 427 g/mol. The topological polar surface area (TPSA) is 70.9 Å². The van der Waals surface area contributed by atoms with E-state index in [2.05, 4.69) is 54.6 Å². The Labute approximate surface area is 191 Å². The summed E-state index contributed by atoms with van der Waals surface area (Å²) in [5.74, 6) is -0.00708. The monoisotopic (exact) mass is 458 g/mol. The van der Waals surface area contributed by atoms with Crippen molar-refractivity contribution in [2.75, 3.05) is 26.6 Å². The predicted octanol–water partition coefficient (Wildman–Crippen LogP) is 3.40. The number of benzene rings is 1. The van der Waals surface area contributed by atoms with Crippen molar-refractivity contribution >= 4 is 20.3 Å². The zero-order chi connectivity index (χ0) is 22.6. The minimum Gasteiger partial charge on any atom is -0.479 e. The zero-order valence-electron chi connectivity index (χ0n) is 18.9. The highest BCUT2D eigenvalue weighted by Crippen LogP contribution is 2.29. The van der Waals surface area contributed by atoms with E-state index in [9.17, 15) is 0 Å². The highest BCUT2D eigenvalue weighted by atomic mass is 31.0. The third-order valence-corrected chi connectivity index (χ3v) is 5.64. The van der Waals surface area contributed by atoms with Crippen molar-refractivity contribution in [2.24, 2.45) is 0 Å². The van der Waals surface area contributed by atoms with Gasteiger partial charge in [0.05, 0.1) is 26.2 Å². The van der Waals surface area contributed by atoms with Crippen LogP contribution in [-0.2, 0) is 34.0 Å². The molecule has 0 spiro atoms. The largest absolute Gasteiger partial charge is 0.479 e. The van der Waals surface area contributed by atoms with Crippen molar-refractivity contribution in [2.45, 2.75) is 45.6 Å². The summed E-state index contributed by atoms with van der Waals surface area (Å²) in [6.07, 6.45) is 4.17. The Hall–Kier alpha value is -2.09. The maximum atomic E-state index is 6.10. The maximum Gasteiger partial charge on any atom is 0.241 e. The fourth-order valence-corrected chi connectivity index (χ4v) is 4.20. The standard InChI is InChI=1S/C23H31N4O4P/c1-23(2)30-13-19(31-23)12-26(9-17-7-5-4-6-8-17)10-18-11-27(15-29-16-32)21-20(18)24-14-25-22(21)28-3/h4-8,11,14,19H,9-10,12-13,15-16,32H2,1-3H3/t19-/m0/s1. The molecule has 3 heterocycles. The summed E-state index contributed by atoms with van der Waals surface area (Å²) in [6, 6.07) is 10.5. The van der Waals surface area contributed by atoms with Crippen molar-refractivity contribution in [3.63, 3.8) is 0 Å². The molecule has 4 rings (SSSR count). The minimum atomic E-state index is -0.546. The highest BCUT2D eigenvalue weighted by Gasteiger charge is 2.33. The van der Waals surface area contributed by atoms with Crippen LogP contribution in [0.3, 0.4) is 0 Å². The Kier molecular flexibility index (Phi) is 7.38. The van der Waals surface area contributed by atoms with E-state index in [1.165, 1.54) is 5.56 Å². The van der Waals surface area contributed by atoms with Crippen LogP contribution >= 0.6 is 9.24 Å². The maximum absolute atomic E-state index is 6.10. The molecule has 2 atom stereocenters. The molecule has 32 heavy (non-hydrogen) atoms. The molecule has 0 radical (unpaired) electrons. The first-order valence-corrected chi connectivity index (χ1v) is 11.5. The molecule has 1 aliphatic heterocycles. The van der Waals surface area contributed by atoms with Gasteiger partial charge < -0.3 is 23.5 Å². The van der Waals surface area contributed by atoms with E-state index in [1.54, 1.807) is 13.4 Å². The van der Waals surface area contributed by atoms with Crippen molar-refractivity contribution < 1.29 is 18.9 Å². The van der Waals surface area contributed by atoms with Crippen molar-refractivity contribution in [3.8, 4) is 5.88 Å². The van der Waals surface area contributed by atoms with E-state index < -0.39 is 5.79 Å². The molecule has 1 saturated heterocycles. The molecule has 3 aromatic rings. The van der Waals surface area contributed by atoms with Gasteiger partial charge in [-0.05, 0) is 19.4 Å². The molecule has 0 bridgehead atoms. The number of aromatic nitrogens is 3. The Morgan fingerprint density at radius 2 is 2.03 bits per heavy atom. The van der Waals surface area contributed by atoms with E-state index in [-0.39, 0.29) is 6.10 Å². The average molecular weight is 458 g/mol. The second-order valence-corrected chi connectivity index (χ2v) is 8.64. The molecule has 172 valence electrons. The normalized spacial score (nSPS) is 18.0. The van der Waals surface area contributed by atoms with Gasteiger partial charge in [0, 0.05) is 31.4 Å².